The fourth-order valence-corrected chi connectivity index (χ4v) is 2.27. The zero-order chi connectivity index (χ0) is 19.4. The maximum Gasteiger partial charge on any atom is 0.303 e. The summed E-state index contributed by atoms with van der Waals surface area (Å²) in [6.45, 7) is 1.09. The number of esters is 1. The first-order valence-electron chi connectivity index (χ1n) is 7.05. The van der Waals surface area contributed by atoms with Crippen molar-refractivity contribution in [2.75, 3.05) is 0 Å². The lowest BCUT2D eigenvalue weighted by atomic mass is 9.99. The summed E-state index contributed by atoms with van der Waals surface area (Å²) in [7, 11) is 0. The van der Waals surface area contributed by atoms with Crippen LogP contribution in [0.5, 0.6) is 0 Å². The molecule has 26 heavy (non-hydrogen) atoms. The number of hydrogen-bond donors (Lipinski definition) is 0. The molecule has 0 saturated carbocycles. The molecule has 0 bridgehead atoms. The van der Waals surface area contributed by atoms with Gasteiger partial charge in [-0.15, -0.1) is 0 Å². The highest BCUT2D eigenvalue weighted by Gasteiger charge is 2.29. The zero-order valence-electron chi connectivity index (χ0n) is 13.2. The van der Waals surface area contributed by atoms with Crippen molar-refractivity contribution in [2.45, 2.75) is 13.0 Å². The average Bonchev–Trinajstić information content (AvgIpc) is 2.59. The Hall–Kier alpha value is -3.89. The van der Waals surface area contributed by atoms with Crippen LogP contribution in [0, 0.1) is 30.3 Å². The molecule has 2 aromatic rings. The van der Waals surface area contributed by atoms with E-state index >= 15 is 0 Å². The van der Waals surface area contributed by atoms with Crippen molar-refractivity contribution in [1.82, 2.24) is 0 Å². The van der Waals surface area contributed by atoms with Crippen LogP contribution in [0.1, 0.15) is 24.2 Å². The molecule has 0 amide bonds. The van der Waals surface area contributed by atoms with Crippen molar-refractivity contribution >= 4 is 23.0 Å². The molecule has 11 heteroatoms. The molecular weight excluding hydrogens is 350 g/mol. The molecule has 0 aliphatic heterocycles. The Morgan fingerprint density at radius 3 is 1.88 bits per heavy atom. The number of carbonyl (C=O) groups excluding carboxylic acids is 1. The summed E-state index contributed by atoms with van der Waals surface area (Å²) in [5.41, 5.74) is -1.17. The minimum absolute atomic E-state index is 0.0929. The quantitative estimate of drug-likeness (QED) is 0.431. The lowest BCUT2D eigenvalue weighted by molar-refractivity contribution is -0.394. The van der Waals surface area contributed by atoms with Crippen molar-refractivity contribution in [3.05, 3.63) is 83.9 Å². The van der Waals surface area contributed by atoms with Gasteiger partial charge in [-0.3, -0.25) is 35.1 Å². The Morgan fingerprint density at radius 1 is 0.885 bits per heavy atom. The highest BCUT2D eigenvalue weighted by molar-refractivity contribution is 5.67. The van der Waals surface area contributed by atoms with E-state index in [1.165, 1.54) is 12.1 Å². The Morgan fingerprint density at radius 2 is 1.42 bits per heavy atom. The van der Waals surface area contributed by atoms with E-state index < -0.39 is 38.2 Å². The molecular formula is C15H11N3O8. The van der Waals surface area contributed by atoms with Crippen LogP contribution in [0.4, 0.5) is 17.1 Å². The fraction of sp³-hybridized carbons (Fsp3) is 0.133. The minimum Gasteiger partial charge on any atom is -0.452 e. The molecule has 1 unspecified atom stereocenters. The number of nitro groups is 3. The molecule has 0 N–H and O–H groups in total. The highest BCUT2D eigenvalue weighted by Crippen LogP contribution is 2.35. The van der Waals surface area contributed by atoms with E-state index in [-0.39, 0.29) is 16.8 Å². The molecule has 0 aromatic heterocycles. The summed E-state index contributed by atoms with van der Waals surface area (Å²) < 4.78 is 5.13. The molecule has 0 heterocycles. The van der Waals surface area contributed by atoms with Crippen molar-refractivity contribution in [2.24, 2.45) is 0 Å². The third-order valence-corrected chi connectivity index (χ3v) is 3.39. The summed E-state index contributed by atoms with van der Waals surface area (Å²) in [5.74, 6) is -0.749. The molecule has 2 aromatic carbocycles. The highest BCUT2D eigenvalue weighted by atomic mass is 16.6. The molecule has 0 radical (unpaired) electrons. The summed E-state index contributed by atoms with van der Waals surface area (Å²) in [4.78, 5) is 42.1. The first-order chi connectivity index (χ1) is 12.2. The van der Waals surface area contributed by atoms with Gasteiger partial charge in [-0.1, -0.05) is 0 Å². The number of non-ortho nitro benzene ring substituents is 2. The van der Waals surface area contributed by atoms with Crippen LogP contribution in [0.2, 0.25) is 0 Å². The molecule has 1 atom stereocenters. The van der Waals surface area contributed by atoms with Crippen LogP contribution in [-0.2, 0) is 9.53 Å². The number of hydrogen-bond acceptors (Lipinski definition) is 8. The second kappa shape index (κ2) is 7.34. The predicted molar refractivity (Wildman–Crippen MR) is 86.5 cm³/mol. The van der Waals surface area contributed by atoms with Crippen LogP contribution < -0.4 is 0 Å². The Labute approximate surface area is 145 Å². The van der Waals surface area contributed by atoms with Crippen LogP contribution in [-0.4, -0.2) is 20.7 Å². The number of carbonyl (C=O) groups is 1. The molecule has 0 aliphatic rings. The van der Waals surface area contributed by atoms with Crippen molar-refractivity contribution in [3.63, 3.8) is 0 Å². The standard InChI is InChI=1S/C15H11N3O8/c1-9(19)26-15(10-2-4-11(5-3-10)16(20)21)13-7-6-12(17(22)23)8-14(13)18(24)25/h2-8,15H,1H3. The first-order valence-corrected chi connectivity index (χ1v) is 7.05. The van der Waals surface area contributed by atoms with Crippen molar-refractivity contribution < 1.29 is 24.3 Å². The largest absolute Gasteiger partial charge is 0.452 e. The van der Waals surface area contributed by atoms with Gasteiger partial charge in [-0.2, -0.15) is 0 Å². The number of rotatable bonds is 6. The van der Waals surface area contributed by atoms with Crippen LogP contribution in [0.3, 0.4) is 0 Å². The minimum atomic E-state index is -1.26. The summed E-state index contributed by atoms with van der Waals surface area (Å²) in [5, 5.41) is 32.9. The van der Waals surface area contributed by atoms with Gasteiger partial charge >= 0.3 is 5.97 Å². The van der Waals surface area contributed by atoms with E-state index in [0.717, 1.165) is 37.3 Å². The van der Waals surface area contributed by atoms with E-state index in [1.54, 1.807) is 0 Å². The molecule has 2 rings (SSSR count). The lowest BCUT2D eigenvalue weighted by Crippen LogP contribution is -2.12. The number of benzene rings is 2. The van der Waals surface area contributed by atoms with E-state index in [9.17, 15) is 35.1 Å². The Balaban J connectivity index is 2.59. The lowest BCUT2D eigenvalue weighted by Gasteiger charge is -2.17. The van der Waals surface area contributed by atoms with E-state index in [2.05, 4.69) is 0 Å². The third-order valence-electron chi connectivity index (χ3n) is 3.39. The summed E-state index contributed by atoms with van der Waals surface area (Å²) in [6.07, 6.45) is -1.26. The molecule has 0 spiro atoms. The van der Waals surface area contributed by atoms with Gasteiger partial charge in [0.15, 0.2) is 6.10 Å². The smallest absolute Gasteiger partial charge is 0.303 e. The fourth-order valence-electron chi connectivity index (χ4n) is 2.27. The second-order valence-electron chi connectivity index (χ2n) is 5.10. The predicted octanol–water partition coefficient (Wildman–Crippen LogP) is 3.06. The van der Waals surface area contributed by atoms with Gasteiger partial charge in [0.05, 0.1) is 26.4 Å². The average molecular weight is 361 g/mol. The third kappa shape index (κ3) is 3.95. The van der Waals surface area contributed by atoms with Crippen molar-refractivity contribution in [1.29, 1.82) is 0 Å². The van der Waals surface area contributed by atoms with Gasteiger partial charge in [0.2, 0.25) is 0 Å². The van der Waals surface area contributed by atoms with Crippen LogP contribution in [0.25, 0.3) is 0 Å². The Kier molecular flexibility index (Phi) is 5.21. The first kappa shape index (κ1) is 18.4. The van der Waals surface area contributed by atoms with E-state index in [4.69, 9.17) is 4.74 Å². The van der Waals surface area contributed by atoms with Gasteiger partial charge < -0.3 is 4.74 Å². The van der Waals surface area contributed by atoms with E-state index in [1.807, 2.05) is 0 Å². The number of nitro benzene ring substituents is 3. The second-order valence-corrected chi connectivity index (χ2v) is 5.10. The van der Waals surface area contributed by atoms with Gasteiger partial charge in [0, 0.05) is 25.1 Å². The number of ether oxygens (including phenoxy) is 1. The molecule has 0 saturated heterocycles. The zero-order valence-corrected chi connectivity index (χ0v) is 13.2. The molecule has 0 fully saturated rings. The van der Waals surface area contributed by atoms with E-state index in [0.29, 0.717) is 0 Å². The number of nitrogens with zero attached hydrogens (tertiary/aromatic N) is 3. The normalized spacial score (nSPS) is 11.4. The summed E-state index contributed by atoms with van der Waals surface area (Å²) in [6, 6.07) is 7.81. The van der Waals surface area contributed by atoms with Gasteiger partial charge in [-0.05, 0) is 23.8 Å². The van der Waals surface area contributed by atoms with Crippen LogP contribution >= 0.6 is 0 Å². The molecule has 11 nitrogen and oxygen atoms in total. The molecule has 134 valence electrons. The Bertz CT molecular complexity index is 894. The van der Waals surface area contributed by atoms with Gasteiger partial charge in [0.1, 0.15) is 0 Å². The SMILES string of the molecule is CC(=O)OC(c1ccc([N+](=O)[O-])cc1)c1ccc([N+](=O)[O-])cc1[N+](=O)[O-]. The molecule has 0 aliphatic carbocycles. The topological polar surface area (TPSA) is 156 Å². The maximum absolute atomic E-state index is 11.4. The maximum atomic E-state index is 11.4. The monoisotopic (exact) mass is 361 g/mol. The summed E-state index contributed by atoms with van der Waals surface area (Å²) >= 11 is 0. The van der Waals surface area contributed by atoms with Crippen molar-refractivity contribution in [3.8, 4) is 0 Å². The van der Waals surface area contributed by atoms with Gasteiger partial charge in [0.25, 0.3) is 17.1 Å². The van der Waals surface area contributed by atoms with Gasteiger partial charge in [-0.25, -0.2) is 0 Å². The van der Waals surface area contributed by atoms with Crippen LogP contribution in [0.15, 0.2) is 42.5 Å².